The Morgan fingerprint density at radius 1 is 1.70 bits per heavy atom. The predicted molar refractivity (Wildman–Crippen MR) is 39.8 cm³/mol. The standard InChI is InChI=1S/C8H16O2/c1-3-8(2)4-7(5-9)10-6-8/h7,9H,3-6H2,1-2H3/t7-,8+/m0/s1. The van der Waals surface area contributed by atoms with Gasteiger partial charge in [-0.3, -0.25) is 0 Å². The summed E-state index contributed by atoms with van der Waals surface area (Å²) in [6.45, 7) is 5.37. The molecule has 0 aromatic carbocycles. The molecule has 0 aromatic rings. The highest BCUT2D eigenvalue weighted by Gasteiger charge is 2.33. The molecule has 0 saturated carbocycles. The Kier molecular flexibility index (Phi) is 2.32. The van der Waals surface area contributed by atoms with Crippen LogP contribution in [0.2, 0.25) is 0 Å². The van der Waals surface area contributed by atoms with E-state index >= 15 is 0 Å². The largest absolute Gasteiger partial charge is 0.394 e. The van der Waals surface area contributed by atoms with Crippen molar-refractivity contribution in [1.82, 2.24) is 0 Å². The molecule has 1 aliphatic rings. The van der Waals surface area contributed by atoms with E-state index in [9.17, 15) is 0 Å². The van der Waals surface area contributed by atoms with Crippen molar-refractivity contribution in [2.75, 3.05) is 13.2 Å². The molecule has 10 heavy (non-hydrogen) atoms. The van der Waals surface area contributed by atoms with Gasteiger partial charge in [-0.15, -0.1) is 0 Å². The van der Waals surface area contributed by atoms with Gasteiger partial charge in [0.25, 0.3) is 0 Å². The molecule has 1 heterocycles. The van der Waals surface area contributed by atoms with Crippen LogP contribution >= 0.6 is 0 Å². The molecular weight excluding hydrogens is 128 g/mol. The van der Waals surface area contributed by atoms with E-state index in [1.807, 2.05) is 0 Å². The van der Waals surface area contributed by atoms with Crippen LogP contribution in [-0.4, -0.2) is 24.4 Å². The van der Waals surface area contributed by atoms with Crippen molar-refractivity contribution in [1.29, 1.82) is 0 Å². The zero-order chi connectivity index (χ0) is 7.61. The molecule has 1 rings (SSSR count). The first-order valence-electron chi connectivity index (χ1n) is 3.92. The summed E-state index contributed by atoms with van der Waals surface area (Å²) in [7, 11) is 0. The second-order valence-electron chi connectivity index (χ2n) is 3.48. The summed E-state index contributed by atoms with van der Waals surface area (Å²) >= 11 is 0. The minimum atomic E-state index is 0.102. The first-order chi connectivity index (χ1) is 4.70. The maximum atomic E-state index is 8.77. The average molecular weight is 144 g/mol. The van der Waals surface area contributed by atoms with Crippen LogP contribution in [0.25, 0.3) is 0 Å². The molecule has 0 aromatic heterocycles. The van der Waals surface area contributed by atoms with Gasteiger partial charge in [-0.05, 0) is 18.3 Å². The molecule has 0 radical (unpaired) electrons. The average Bonchev–Trinajstić information content (AvgIpc) is 2.33. The lowest BCUT2D eigenvalue weighted by Crippen LogP contribution is -2.15. The Labute approximate surface area is 62.2 Å². The van der Waals surface area contributed by atoms with Crippen LogP contribution in [0, 0.1) is 5.41 Å². The van der Waals surface area contributed by atoms with Crippen molar-refractivity contribution in [3.63, 3.8) is 0 Å². The van der Waals surface area contributed by atoms with Crippen LogP contribution < -0.4 is 0 Å². The summed E-state index contributed by atoms with van der Waals surface area (Å²) in [5.41, 5.74) is 0.327. The Bertz CT molecular complexity index is 114. The normalized spacial score (nSPS) is 40.5. The smallest absolute Gasteiger partial charge is 0.0812 e. The molecule has 0 bridgehead atoms. The maximum absolute atomic E-state index is 8.77. The SMILES string of the molecule is CC[C@@]1(C)CO[C@H](CO)C1. The van der Waals surface area contributed by atoms with Gasteiger partial charge in [0, 0.05) is 0 Å². The second kappa shape index (κ2) is 2.89. The summed E-state index contributed by atoms with van der Waals surface area (Å²) in [5, 5.41) is 8.77. The van der Waals surface area contributed by atoms with Crippen LogP contribution in [0.5, 0.6) is 0 Å². The van der Waals surface area contributed by atoms with Gasteiger partial charge in [-0.2, -0.15) is 0 Å². The lowest BCUT2D eigenvalue weighted by molar-refractivity contribution is 0.0535. The van der Waals surface area contributed by atoms with Crippen molar-refractivity contribution in [2.45, 2.75) is 32.8 Å². The number of hydrogen-bond donors (Lipinski definition) is 1. The van der Waals surface area contributed by atoms with E-state index in [0.29, 0.717) is 5.41 Å². The molecule has 1 fully saturated rings. The lowest BCUT2D eigenvalue weighted by Gasteiger charge is -2.18. The fourth-order valence-electron chi connectivity index (χ4n) is 1.35. The highest BCUT2D eigenvalue weighted by Crippen LogP contribution is 2.34. The van der Waals surface area contributed by atoms with Gasteiger partial charge in [-0.25, -0.2) is 0 Å². The molecule has 2 heteroatoms. The van der Waals surface area contributed by atoms with Crippen LogP contribution in [0.3, 0.4) is 0 Å². The van der Waals surface area contributed by atoms with Crippen molar-refractivity contribution in [2.24, 2.45) is 5.41 Å². The Hall–Kier alpha value is -0.0800. The Morgan fingerprint density at radius 2 is 2.40 bits per heavy atom. The summed E-state index contributed by atoms with van der Waals surface area (Å²) in [6, 6.07) is 0. The molecule has 2 atom stereocenters. The van der Waals surface area contributed by atoms with E-state index in [-0.39, 0.29) is 12.7 Å². The number of rotatable bonds is 2. The van der Waals surface area contributed by atoms with Crippen molar-refractivity contribution in [3.05, 3.63) is 0 Å². The van der Waals surface area contributed by atoms with E-state index < -0.39 is 0 Å². The number of aliphatic hydroxyl groups excluding tert-OH is 1. The molecular formula is C8H16O2. The van der Waals surface area contributed by atoms with E-state index in [4.69, 9.17) is 9.84 Å². The van der Waals surface area contributed by atoms with E-state index in [2.05, 4.69) is 13.8 Å². The van der Waals surface area contributed by atoms with E-state index in [1.165, 1.54) is 0 Å². The third-order valence-electron chi connectivity index (χ3n) is 2.45. The molecule has 0 aliphatic carbocycles. The molecule has 1 aliphatic heterocycles. The minimum absolute atomic E-state index is 0.102. The summed E-state index contributed by atoms with van der Waals surface area (Å²) in [6.07, 6.45) is 2.26. The zero-order valence-corrected chi connectivity index (χ0v) is 6.76. The number of aliphatic hydroxyl groups is 1. The first-order valence-corrected chi connectivity index (χ1v) is 3.92. The molecule has 60 valence electrons. The molecule has 1 saturated heterocycles. The van der Waals surface area contributed by atoms with Gasteiger partial charge in [-0.1, -0.05) is 13.8 Å². The quantitative estimate of drug-likeness (QED) is 0.630. The third-order valence-corrected chi connectivity index (χ3v) is 2.45. The summed E-state index contributed by atoms with van der Waals surface area (Å²) < 4.78 is 5.36. The van der Waals surface area contributed by atoms with Crippen molar-refractivity contribution < 1.29 is 9.84 Å². The van der Waals surface area contributed by atoms with Crippen molar-refractivity contribution >= 4 is 0 Å². The molecule has 0 unspecified atom stereocenters. The Morgan fingerprint density at radius 3 is 2.70 bits per heavy atom. The highest BCUT2D eigenvalue weighted by molar-refractivity contribution is 4.82. The van der Waals surface area contributed by atoms with E-state index in [1.54, 1.807) is 0 Å². The monoisotopic (exact) mass is 144 g/mol. The lowest BCUT2D eigenvalue weighted by atomic mass is 9.85. The number of hydrogen-bond acceptors (Lipinski definition) is 2. The summed E-state index contributed by atoms with van der Waals surface area (Å²) in [5.74, 6) is 0. The van der Waals surface area contributed by atoms with Gasteiger partial charge < -0.3 is 9.84 Å². The molecule has 0 amide bonds. The predicted octanol–water partition coefficient (Wildman–Crippen LogP) is 1.18. The third kappa shape index (κ3) is 1.50. The van der Waals surface area contributed by atoms with Gasteiger partial charge in [0.15, 0.2) is 0 Å². The molecule has 2 nitrogen and oxygen atoms in total. The Balaban J connectivity index is 2.41. The van der Waals surface area contributed by atoms with Gasteiger partial charge in [0.05, 0.1) is 19.3 Å². The van der Waals surface area contributed by atoms with Gasteiger partial charge >= 0.3 is 0 Å². The topological polar surface area (TPSA) is 29.5 Å². The fourth-order valence-corrected chi connectivity index (χ4v) is 1.35. The summed E-state index contributed by atoms with van der Waals surface area (Å²) in [4.78, 5) is 0. The zero-order valence-electron chi connectivity index (χ0n) is 6.76. The highest BCUT2D eigenvalue weighted by atomic mass is 16.5. The van der Waals surface area contributed by atoms with Crippen molar-refractivity contribution in [3.8, 4) is 0 Å². The first kappa shape index (κ1) is 8.02. The van der Waals surface area contributed by atoms with Crippen LogP contribution in [-0.2, 0) is 4.74 Å². The minimum Gasteiger partial charge on any atom is -0.394 e. The van der Waals surface area contributed by atoms with Crippen LogP contribution in [0.15, 0.2) is 0 Å². The van der Waals surface area contributed by atoms with Crippen LogP contribution in [0.4, 0.5) is 0 Å². The number of ether oxygens (including phenoxy) is 1. The maximum Gasteiger partial charge on any atom is 0.0812 e. The molecule has 1 N–H and O–H groups in total. The van der Waals surface area contributed by atoms with Gasteiger partial charge in [0.2, 0.25) is 0 Å². The second-order valence-corrected chi connectivity index (χ2v) is 3.48. The molecule has 0 spiro atoms. The van der Waals surface area contributed by atoms with Gasteiger partial charge in [0.1, 0.15) is 0 Å². The fraction of sp³-hybridized carbons (Fsp3) is 1.00. The van der Waals surface area contributed by atoms with Crippen LogP contribution in [0.1, 0.15) is 26.7 Å². The van der Waals surface area contributed by atoms with E-state index in [0.717, 1.165) is 19.4 Å².